The average Bonchev–Trinajstić information content (AvgIpc) is 3.00. The third kappa shape index (κ3) is 4.18. The van der Waals surface area contributed by atoms with Gasteiger partial charge in [0.1, 0.15) is 5.69 Å². The molecule has 1 aromatic heterocycles. The van der Waals surface area contributed by atoms with E-state index in [4.69, 9.17) is 0 Å². The van der Waals surface area contributed by atoms with Gasteiger partial charge in [0.15, 0.2) is 0 Å². The van der Waals surface area contributed by atoms with Crippen molar-refractivity contribution in [2.45, 2.75) is 27.3 Å². The first-order valence-electron chi connectivity index (χ1n) is 7.73. The number of hydrogen-bond acceptors (Lipinski definition) is 3. The summed E-state index contributed by atoms with van der Waals surface area (Å²) in [7, 11) is 0. The topological polar surface area (TPSA) is 78.1 Å². The SMILES string of the molecule is CCN(CC)C(=O)c1ccc(CNC(=O)c2cc(C)[nH]n2)cc1. The van der Waals surface area contributed by atoms with Crippen LogP contribution in [0.2, 0.25) is 0 Å². The highest BCUT2D eigenvalue weighted by Gasteiger charge is 2.12. The minimum absolute atomic E-state index is 0.0255. The van der Waals surface area contributed by atoms with E-state index >= 15 is 0 Å². The molecule has 122 valence electrons. The van der Waals surface area contributed by atoms with Gasteiger partial charge in [-0.1, -0.05) is 12.1 Å². The second-order valence-corrected chi connectivity index (χ2v) is 5.29. The molecule has 0 unspecified atom stereocenters. The number of aryl methyl sites for hydroxylation is 1. The predicted octanol–water partition coefficient (Wildman–Crippen LogP) is 2.13. The van der Waals surface area contributed by atoms with Crippen LogP contribution in [0.1, 0.15) is 46.0 Å². The summed E-state index contributed by atoms with van der Waals surface area (Å²) in [6.07, 6.45) is 0. The van der Waals surface area contributed by atoms with Gasteiger partial charge in [-0.2, -0.15) is 5.10 Å². The zero-order valence-electron chi connectivity index (χ0n) is 13.7. The summed E-state index contributed by atoms with van der Waals surface area (Å²) < 4.78 is 0. The number of aromatic nitrogens is 2. The summed E-state index contributed by atoms with van der Waals surface area (Å²) >= 11 is 0. The number of carbonyl (C=O) groups excluding carboxylic acids is 2. The van der Waals surface area contributed by atoms with E-state index in [-0.39, 0.29) is 11.8 Å². The summed E-state index contributed by atoms with van der Waals surface area (Å²) in [4.78, 5) is 25.9. The fraction of sp³-hybridized carbons (Fsp3) is 0.353. The molecule has 23 heavy (non-hydrogen) atoms. The van der Waals surface area contributed by atoms with E-state index in [0.29, 0.717) is 30.9 Å². The summed E-state index contributed by atoms with van der Waals surface area (Å²) in [5.74, 6) is -0.199. The number of hydrogen-bond donors (Lipinski definition) is 2. The number of aromatic amines is 1. The lowest BCUT2D eigenvalue weighted by molar-refractivity contribution is 0.0772. The van der Waals surface area contributed by atoms with Crippen molar-refractivity contribution in [2.24, 2.45) is 0 Å². The molecule has 0 fully saturated rings. The van der Waals surface area contributed by atoms with Gasteiger partial charge in [-0.15, -0.1) is 0 Å². The molecule has 2 aromatic rings. The highest BCUT2D eigenvalue weighted by atomic mass is 16.2. The molecule has 2 amide bonds. The van der Waals surface area contributed by atoms with Crippen molar-refractivity contribution >= 4 is 11.8 Å². The van der Waals surface area contributed by atoms with Crippen LogP contribution >= 0.6 is 0 Å². The highest BCUT2D eigenvalue weighted by molar-refractivity contribution is 5.94. The molecule has 2 N–H and O–H groups in total. The molecule has 0 spiro atoms. The monoisotopic (exact) mass is 314 g/mol. The van der Waals surface area contributed by atoms with Gasteiger partial charge in [-0.05, 0) is 44.5 Å². The summed E-state index contributed by atoms with van der Waals surface area (Å²) in [6, 6.07) is 8.99. The van der Waals surface area contributed by atoms with Crippen LogP contribution in [0.3, 0.4) is 0 Å². The van der Waals surface area contributed by atoms with E-state index in [1.54, 1.807) is 23.1 Å². The minimum atomic E-state index is -0.224. The van der Waals surface area contributed by atoms with Crippen LogP contribution in [-0.4, -0.2) is 40.0 Å². The smallest absolute Gasteiger partial charge is 0.272 e. The zero-order chi connectivity index (χ0) is 16.8. The van der Waals surface area contributed by atoms with E-state index < -0.39 is 0 Å². The second kappa shape index (κ2) is 7.58. The Labute approximate surface area is 135 Å². The van der Waals surface area contributed by atoms with Crippen LogP contribution in [0, 0.1) is 6.92 Å². The standard InChI is InChI=1S/C17H22N4O2/c1-4-21(5-2)17(23)14-8-6-13(7-9-14)11-18-16(22)15-10-12(3)19-20-15/h6-10H,4-5,11H2,1-3H3,(H,18,22)(H,19,20). The van der Waals surface area contributed by atoms with Crippen LogP contribution in [0.15, 0.2) is 30.3 Å². The predicted molar refractivity (Wildman–Crippen MR) is 88.2 cm³/mol. The van der Waals surface area contributed by atoms with Crippen LogP contribution < -0.4 is 5.32 Å². The van der Waals surface area contributed by atoms with Crippen molar-refractivity contribution in [3.05, 3.63) is 52.8 Å². The van der Waals surface area contributed by atoms with Crippen molar-refractivity contribution in [3.63, 3.8) is 0 Å². The Morgan fingerprint density at radius 3 is 2.35 bits per heavy atom. The normalized spacial score (nSPS) is 10.4. The number of H-pyrrole nitrogens is 1. The van der Waals surface area contributed by atoms with Gasteiger partial charge in [0, 0.05) is 30.9 Å². The summed E-state index contributed by atoms with van der Waals surface area (Å²) in [5.41, 5.74) is 2.80. The largest absolute Gasteiger partial charge is 0.347 e. The fourth-order valence-corrected chi connectivity index (χ4v) is 2.27. The maximum absolute atomic E-state index is 12.2. The van der Waals surface area contributed by atoms with Gasteiger partial charge in [0.2, 0.25) is 0 Å². The van der Waals surface area contributed by atoms with E-state index in [0.717, 1.165) is 11.3 Å². The number of nitrogens with zero attached hydrogens (tertiary/aromatic N) is 2. The van der Waals surface area contributed by atoms with E-state index in [9.17, 15) is 9.59 Å². The molecule has 0 saturated heterocycles. The molecule has 0 aliphatic rings. The van der Waals surface area contributed by atoms with Crippen LogP contribution in [0.4, 0.5) is 0 Å². The maximum Gasteiger partial charge on any atom is 0.272 e. The number of benzene rings is 1. The lowest BCUT2D eigenvalue weighted by Gasteiger charge is -2.18. The molecule has 0 bridgehead atoms. The summed E-state index contributed by atoms with van der Waals surface area (Å²) in [6.45, 7) is 7.54. The van der Waals surface area contributed by atoms with Crippen molar-refractivity contribution < 1.29 is 9.59 Å². The molecule has 6 heteroatoms. The van der Waals surface area contributed by atoms with E-state index in [1.807, 2.05) is 32.9 Å². The first kappa shape index (κ1) is 16.7. The third-order valence-corrected chi connectivity index (χ3v) is 3.64. The molecule has 0 saturated carbocycles. The van der Waals surface area contributed by atoms with Crippen LogP contribution in [0.25, 0.3) is 0 Å². The molecule has 2 rings (SSSR count). The average molecular weight is 314 g/mol. The van der Waals surface area contributed by atoms with Gasteiger partial charge < -0.3 is 10.2 Å². The first-order valence-corrected chi connectivity index (χ1v) is 7.73. The molecule has 0 radical (unpaired) electrons. The number of carbonyl (C=O) groups is 2. The third-order valence-electron chi connectivity index (χ3n) is 3.64. The van der Waals surface area contributed by atoms with Crippen LogP contribution in [0.5, 0.6) is 0 Å². The quantitative estimate of drug-likeness (QED) is 0.857. The Hall–Kier alpha value is -2.63. The highest BCUT2D eigenvalue weighted by Crippen LogP contribution is 2.08. The molecule has 6 nitrogen and oxygen atoms in total. The second-order valence-electron chi connectivity index (χ2n) is 5.29. The Morgan fingerprint density at radius 1 is 1.17 bits per heavy atom. The fourth-order valence-electron chi connectivity index (χ4n) is 2.27. The van der Waals surface area contributed by atoms with Gasteiger partial charge >= 0.3 is 0 Å². The number of nitrogens with one attached hydrogen (secondary N) is 2. The summed E-state index contributed by atoms with van der Waals surface area (Å²) in [5, 5.41) is 9.46. The van der Waals surface area contributed by atoms with Gasteiger partial charge in [0.05, 0.1) is 0 Å². The van der Waals surface area contributed by atoms with Crippen molar-refractivity contribution in [1.82, 2.24) is 20.4 Å². The van der Waals surface area contributed by atoms with Crippen molar-refractivity contribution in [2.75, 3.05) is 13.1 Å². The molecule has 0 aliphatic heterocycles. The Kier molecular flexibility index (Phi) is 5.51. The lowest BCUT2D eigenvalue weighted by atomic mass is 10.1. The Balaban J connectivity index is 1.95. The van der Waals surface area contributed by atoms with Gasteiger partial charge in [-0.3, -0.25) is 14.7 Å². The molecule has 1 heterocycles. The van der Waals surface area contributed by atoms with Crippen molar-refractivity contribution in [3.8, 4) is 0 Å². The molecule has 0 aliphatic carbocycles. The first-order chi connectivity index (χ1) is 11.0. The molecular formula is C17H22N4O2. The van der Waals surface area contributed by atoms with E-state index in [2.05, 4.69) is 15.5 Å². The van der Waals surface area contributed by atoms with E-state index in [1.165, 1.54) is 0 Å². The molecule has 1 aromatic carbocycles. The molecular weight excluding hydrogens is 292 g/mol. The lowest BCUT2D eigenvalue weighted by Crippen LogP contribution is -2.30. The number of amides is 2. The Bertz CT molecular complexity index is 672. The minimum Gasteiger partial charge on any atom is -0.347 e. The van der Waals surface area contributed by atoms with Gasteiger partial charge in [0.25, 0.3) is 11.8 Å². The molecule has 0 atom stereocenters. The zero-order valence-corrected chi connectivity index (χ0v) is 13.7. The maximum atomic E-state index is 12.2. The Morgan fingerprint density at radius 2 is 1.83 bits per heavy atom. The number of rotatable bonds is 6. The van der Waals surface area contributed by atoms with Crippen molar-refractivity contribution in [1.29, 1.82) is 0 Å². The van der Waals surface area contributed by atoms with Gasteiger partial charge in [-0.25, -0.2) is 0 Å². The van der Waals surface area contributed by atoms with Crippen LogP contribution in [-0.2, 0) is 6.54 Å².